The van der Waals surface area contributed by atoms with E-state index in [2.05, 4.69) is 3.63 Å². The minimum Gasteiger partial charge on any atom is -0.725 e. The molecule has 0 spiro atoms. The van der Waals surface area contributed by atoms with Crippen LogP contribution in [0.25, 0.3) is 0 Å². The summed E-state index contributed by atoms with van der Waals surface area (Å²) in [5.41, 5.74) is 0. The van der Waals surface area contributed by atoms with Crippen molar-refractivity contribution in [1.29, 1.82) is 0 Å². The minimum absolute atomic E-state index is 0. The van der Waals surface area contributed by atoms with Crippen molar-refractivity contribution in [3.05, 3.63) is 0 Å². The van der Waals surface area contributed by atoms with E-state index in [1.807, 2.05) is 0 Å². The van der Waals surface area contributed by atoms with Crippen molar-refractivity contribution in [3.8, 4) is 0 Å². The molecule has 0 aliphatic rings. The molecule has 0 rings (SSSR count). The van der Waals surface area contributed by atoms with E-state index in [0.717, 1.165) is 0 Å². The molecule has 6 N–H and O–H groups in total. The fourth-order valence-electron chi connectivity index (χ4n) is 0.102. The molecule has 0 fully saturated rings. The van der Waals surface area contributed by atoms with Gasteiger partial charge in [0.15, 0.2) is 0 Å². The predicted octanol–water partition coefficient (Wildman–Crippen LogP) is -10.5. The van der Waals surface area contributed by atoms with Crippen LogP contribution in [0.4, 0.5) is 0 Å². The molecule has 0 heterocycles. The van der Waals surface area contributed by atoms with Crippen molar-refractivity contribution in [3.63, 3.8) is 0 Å². The molecule has 0 aromatic carbocycles. The van der Waals surface area contributed by atoms with Gasteiger partial charge in [-0.3, -0.25) is 0 Å². The molecule has 0 aromatic rings. The minimum atomic E-state index is -5.43. The summed E-state index contributed by atoms with van der Waals surface area (Å²) in [4.78, 5) is 0. The van der Waals surface area contributed by atoms with E-state index in [-0.39, 0.29) is 119 Å². The van der Waals surface area contributed by atoms with E-state index in [9.17, 15) is 25.9 Å². The molecule has 0 aromatic heterocycles. The van der Waals surface area contributed by atoms with Crippen LogP contribution >= 0.6 is 0 Å². The van der Waals surface area contributed by atoms with Crippen molar-refractivity contribution in [2.75, 3.05) is 0 Å². The first-order chi connectivity index (χ1) is 3.71. The Bertz CT molecular complexity index is 241. The second-order valence-corrected chi connectivity index (χ2v) is 3.06. The molecule has 0 aliphatic carbocycles. The number of hydrogen-bond donors (Lipinski definition) is 0. The van der Waals surface area contributed by atoms with Crippen molar-refractivity contribution in [2.45, 2.75) is 0 Å². The fourth-order valence-corrected chi connectivity index (χ4v) is 0.919. The van der Waals surface area contributed by atoms with Crippen LogP contribution in [0.15, 0.2) is 0 Å². The molecule has 0 radical (unpaired) electrons. The van der Waals surface area contributed by atoms with Crippen LogP contribution in [0, 0.1) is 0 Å². The second-order valence-electron chi connectivity index (χ2n) is 0.885. The van der Waals surface area contributed by atoms with Gasteiger partial charge >= 0.3 is 103 Å². The Balaban J connectivity index is -0.0000000320. The Morgan fingerprint density at radius 2 is 0.857 bits per heavy atom. The van der Waals surface area contributed by atoms with Gasteiger partial charge in [0.25, 0.3) is 0 Å². The van der Waals surface area contributed by atoms with Gasteiger partial charge < -0.3 is 25.5 Å². The van der Waals surface area contributed by atoms with Crippen molar-refractivity contribution >= 4 is 20.8 Å². The quantitative estimate of drug-likeness (QED) is 0.272. The zero-order valence-corrected chi connectivity index (χ0v) is 15.1. The van der Waals surface area contributed by atoms with E-state index in [1.54, 1.807) is 0 Å². The third kappa shape index (κ3) is 36.3. The maximum absolute atomic E-state index is 9.29. The maximum atomic E-state index is 9.29. The number of rotatable bonds is 2. The topological polar surface area (TPSA) is 218 Å². The Morgan fingerprint density at radius 3 is 0.857 bits per heavy atom. The van der Waals surface area contributed by atoms with Gasteiger partial charge in [0.05, 0.1) is 0 Å². The normalized spacial score (nSPS) is 8.71. The molecule has 0 saturated heterocycles. The standard InChI is InChI=1S/2K.H2O7S2.3H2O/c;;1-8(2,3)7-9(4,5)6;;;/h;;(H,1,2,3)(H,4,5,6);3*1H2/q2*+1;;;;/p-2. The molecule has 0 unspecified atom stereocenters. The first kappa shape index (κ1) is 36.0. The average molecular weight is 308 g/mol. The van der Waals surface area contributed by atoms with E-state index in [0.29, 0.717) is 0 Å². The first-order valence-electron chi connectivity index (χ1n) is 1.33. The van der Waals surface area contributed by atoms with Gasteiger partial charge in [0.2, 0.25) is 20.8 Å². The van der Waals surface area contributed by atoms with E-state index in [4.69, 9.17) is 0 Å². The SMILES string of the molecule is O.O.O.O=S(=O)([O-])OS(=O)(=O)[O-].[K+].[K+]. The van der Waals surface area contributed by atoms with Crippen LogP contribution in [-0.4, -0.2) is 42.4 Å². The van der Waals surface area contributed by atoms with Gasteiger partial charge in [-0.15, -0.1) is 0 Å². The largest absolute Gasteiger partial charge is 1.00 e. The summed E-state index contributed by atoms with van der Waals surface area (Å²) in [6, 6.07) is 0. The summed E-state index contributed by atoms with van der Waals surface area (Å²) in [5.74, 6) is 0. The molecule has 14 heavy (non-hydrogen) atoms. The Labute approximate surface area is 165 Å². The third-order valence-corrected chi connectivity index (χ3v) is 1.50. The predicted molar refractivity (Wildman–Crippen MR) is 31.3 cm³/mol. The van der Waals surface area contributed by atoms with Crippen molar-refractivity contribution in [1.82, 2.24) is 0 Å². The average Bonchev–Trinajstić information content (AvgIpc) is 1.14. The molecule has 0 amide bonds. The molecule has 80 valence electrons. The summed E-state index contributed by atoms with van der Waals surface area (Å²) in [5, 5.41) is 0. The van der Waals surface area contributed by atoms with Crippen LogP contribution in [0.5, 0.6) is 0 Å². The maximum Gasteiger partial charge on any atom is 1.00 e. The molecular weight excluding hydrogens is 302 g/mol. The number of hydrogen-bond acceptors (Lipinski definition) is 7. The van der Waals surface area contributed by atoms with E-state index in [1.165, 1.54) is 0 Å². The summed E-state index contributed by atoms with van der Waals surface area (Å²) in [6.07, 6.45) is 0. The van der Waals surface area contributed by atoms with Crippen molar-refractivity contribution in [2.24, 2.45) is 0 Å². The second kappa shape index (κ2) is 14.0. The zero-order chi connectivity index (χ0) is 7.71. The molecule has 14 heteroatoms. The van der Waals surface area contributed by atoms with Crippen LogP contribution < -0.4 is 103 Å². The third-order valence-electron chi connectivity index (χ3n) is 0.167. The Hall–Kier alpha value is 2.93. The summed E-state index contributed by atoms with van der Waals surface area (Å²) in [6.45, 7) is 0. The molecule has 0 saturated carbocycles. The van der Waals surface area contributed by atoms with Crippen LogP contribution in [0.3, 0.4) is 0 Å². The summed E-state index contributed by atoms with van der Waals surface area (Å²) in [7, 11) is -10.9. The van der Waals surface area contributed by atoms with Gasteiger partial charge in [-0.1, -0.05) is 0 Å². The van der Waals surface area contributed by atoms with Crippen LogP contribution in [-0.2, 0) is 24.4 Å². The Morgan fingerprint density at radius 1 is 0.714 bits per heavy atom. The van der Waals surface area contributed by atoms with Crippen LogP contribution in [0.1, 0.15) is 0 Å². The molecule has 10 nitrogen and oxygen atoms in total. The van der Waals surface area contributed by atoms with Gasteiger partial charge in [-0.25, -0.2) is 16.8 Å². The van der Waals surface area contributed by atoms with Gasteiger partial charge in [0, 0.05) is 0 Å². The van der Waals surface area contributed by atoms with Gasteiger partial charge in [0.1, 0.15) is 0 Å². The van der Waals surface area contributed by atoms with E-state index < -0.39 is 20.8 Å². The molecule has 0 aliphatic heterocycles. The summed E-state index contributed by atoms with van der Waals surface area (Å²) < 4.78 is 58.2. The van der Waals surface area contributed by atoms with Crippen molar-refractivity contribution < 1.29 is 149 Å². The van der Waals surface area contributed by atoms with Gasteiger partial charge in [-0.05, 0) is 0 Å². The van der Waals surface area contributed by atoms with E-state index >= 15 is 0 Å². The molecule has 0 atom stereocenters. The summed E-state index contributed by atoms with van der Waals surface area (Å²) >= 11 is 0. The zero-order valence-electron chi connectivity index (χ0n) is 7.17. The fraction of sp³-hybridized carbons (Fsp3) is 0. The Kier molecular flexibility index (Phi) is 36.0. The monoisotopic (exact) mass is 308 g/mol. The smallest absolute Gasteiger partial charge is 0.725 e. The molecule has 0 bridgehead atoms. The first-order valence-corrected chi connectivity index (χ1v) is 4.00. The van der Waals surface area contributed by atoms with Gasteiger partial charge in [-0.2, -0.15) is 3.63 Å². The molecular formula is H6K2O10S2. The van der Waals surface area contributed by atoms with Crippen LogP contribution in [0.2, 0.25) is 0 Å².